The van der Waals surface area contributed by atoms with Crippen LogP contribution in [0.2, 0.25) is 0 Å². The number of likely N-dealkylation sites (N-methyl/N-ethyl adjacent to an activating group) is 1. The maximum absolute atomic E-state index is 12.3. The molecule has 1 aliphatic carbocycles. The molecule has 0 heterocycles. The molecule has 1 saturated carbocycles. The third-order valence-electron chi connectivity index (χ3n) is 3.86. The summed E-state index contributed by atoms with van der Waals surface area (Å²) in [6.45, 7) is 3.23. The Morgan fingerprint density at radius 2 is 1.95 bits per heavy atom. The number of rotatable bonds is 6. The molecule has 0 atom stereocenters. The summed E-state index contributed by atoms with van der Waals surface area (Å²) in [5.41, 5.74) is 1.08. The molecule has 1 aromatic carbocycles. The molecular weight excluding hydrogens is 268 g/mol. The average Bonchev–Trinajstić information content (AvgIpc) is 3.30. The van der Waals surface area contributed by atoms with Crippen LogP contribution in [0.5, 0.6) is 0 Å². The van der Waals surface area contributed by atoms with E-state index in [2.05, 4.69) is 0 Å². The van der Waals surface area contributed by atoms with E-state index < -0.39 is 5.97 Å². The minimum atomic E-state index is -0.923. The minimum absolute atomic E-state index is 0.0350. The van der Waals surface area contributed by atoms with Gasteiger partial charge in [-0.3, -0.25) is 0 Å². The standard InChI is InChI=1S/C16H22N2O3/c1-3-18(13-8-9-13)16(21)17(2)11-10-12-6-4-5-7-14(12)15(19)20/h4-7,13H,3,8-11H2,1-2H3,(H,19,20). The van der Waals surface area contributed by atoms with Gasteiger partial charge in [0.2, 0.25) is 0 Å². The van der Waals surface area contributed by atoms with Crippen LogP contribution in [-0.2, 0) is 6.42 Å². The molecule has 0 spiro atoms. The lowest BCUT2D eigenvalue weighted by atomic mass is 10.0. The summed E-state index contributed by atoms with van der Waals surface area (Å²) < 4.78 is 0. The van der Waals surface area contributed by atoms with Crippen molar-refractivity contribution in [2.45, 2.75) is 32.2 Å². The molecule has 0 saturated heterocycles. The molecule has 21 heavy (non-hydrogen) atoms. The quantitative estimate of drug-likeness (QED) is 0.875. The molecule has 1 N–H and O–H groups in total. The Bertz CT molecular complexity index is 526. The molecule has 2 rings (SSSR count). The number of nitrogens with zero attached hydrogens (tertiary/aromatic N) is 2. The van der Waals surface area contributed by atoms with Gasteiger partial charge >= 0.3 is 12.0 Å². The number of carbonyl (C=O) groups is 2. The Morgan fingerprint density at radius 1 is 1.29 bits per heavy atom. The van der Waals surface area contributed by atoms with Gasteiger partial charge in [-0.15, -0.1) is 0 Å². The number of hydrogen-bond acceptors (Lipinski definition) is 2. The molecule has 114 valence electrons. The normalized spacial score (nSPS) is 13.8. The topological polar surface area (TPSA) is 60.9 Å². The van der Waals surface area contributed by atoms with E-state index >= 15 is 0 Å². The summed E-state index contributed by atoms with van der Waals surface area (Å²) >= 11 is 0. The van der Waals surface area contributed by atoms with Crippen LogP contribution in [0.3, 0.4) is 0 Å². The van der Waals surface area contributed by atoms with Crippen LogP contribution in [0.4, 0.5) is 4.79 Å². The number of carboxylic acid groups (broad SMARTS) is 1. The number of carbonyl (C=O) groups excluding carboxylic acids is 1. The van der Waals surface area contributed by atoms with Gasteiger partial charge in [0, 0.05) is 26.2 Å². The summed E-state index contributed by atoms with van der Waals surface area (Å²) in [4.78, 5) is 27.1. The highest BCUT2D eigenvalue weighted by Gasteiger charge is 2.32. The minimum Gasteiger partial charge on any atom is -0.478 e. The first kappa shape index (κ1) is 15.4. The smallest absolute Gasteiger partial charge is 0.335 e. The second-order valence-corrected chi connectivity index (χ2v) is 5.43. The summed E-state index contributed by atoms with van der Waals surface area (Å²) in [6, 6.07) is 7.38. The molecule has 0 aliphatic heterocycles. The maximum Gasteiger partial charge on any atom is 0.335 e. The molecule has 0 radical (unpaired) electrons. The number of benzene rings is 1. The van der Waals surface area contributed by atoms with E-state index in [9.17, 15) is 9.59 Å². The Kier molecular flexibility index (Phi) is 4.83. The van der Waals surface area contributed by atoms with Crippen LogP contribution >= 0.6 is 0 Å². The first-order chi connectivity index (χ1) is 10.0. The van der Waals surface area contributed by atoms with Crippen molar-refractivity contribution in [2.24, 2.45) is 0 Å². The number of carboxylic acids is 1. The first-order valence-electron chi connectivity index (χ1n) is 7.37. The van der Waals surface area contributed by atoms with Crippen LogP contribution in [-0.4, -0.2) is 53.1 Å². The molecule has 5 heteroatoms. The highest BCUT2D eigenvalue weighted by Crippen LogP contribution is 2.27. The van der Waals surface area contributed by atoms with E-state index in [0.29, 0.717) is 24.6 Å². The zero-order chi connectivity index (χ0) is 15.4. The summed E-state index contributed by atoms with van der Waals surface area (Å²) in [5, 5.41) is 9.16. The number of aromatic carboxylic acids is 1. The van der Waals surface area contributed by atoms with Crippen LogP contribution < -0.4 is 0 Å². The largest absolute Gasteiger partial charge is 0.478 e. The first-order valence-corrected chi connectivity index (χ1v) is 7.37. The van der Waals surface area contributed by atoms with Crippen LogP contribution in [0.1, 0.15) is 35.7 Å². The highest BCUT2D eigenvalue weighted by molar-refractivity contribution is 5.89. The molecule has 0 unspecified atom stereocenters. The van der Waals surface area contributed by atoms with E-state index in [1.54, 1.807) is 30.1 Å². The molecule has 1 aromatic rings. The fourth-order valence-electron chi connectivity index (χ4n) is 2.49. The zero-order valence-electron chi connectivity index (χ0n) is 12.6. The predicted molar refractivity (Wildman–Crippen MR) is 80.5 cm³/mol. The van der Waals surface area contributed by atoms with Gasteiger partial charge in [-0.2, -0.15) is 0 Å². The van der Waals surface area contributed by atoms with Crippen molar-refractivity contribution in [3.05, 3.63) is 35.4 Å². The van der Waals surface area contributed by atoms with E-state index in [1.807, 2.05) is 17.9 Å². The lowest BCUT2D eigenvalue weighted by Crippen LogP contribution is -2.43. The SMILES string of the molecule is CCN(C(=O)N(C)CCc1ccccc1C(=O)O)C1CC1. The number of urea groups is 1. The number of amides is 2. The fraction of sp³-hybridized carbons (Fsp3) is 0.500. The van der Waals surface area contributed by atoms with Crippen molar-refractivity contribution >= 4 is 12.0 Å². The molecule has 0 bridgehead atoms. The fourth-order valence-corrected chi connectivity index (χ4v) is 2.49. The van der Waals surface area contributed by atoms with Crippen molar-refractivity contribution in [1.82, 2.24) is 9.80 Å². The van der Waals surface area contributed by atoms with Gasteiger partial charge in [-0.1, -0.05) is 18.2 Å². The van der Waals surface area contributed by atoms with Gasteiger partial charge in [-0.25, -0.2) is 9.59 Å². The van der Waals surface area contributed by atoms with Gasteiger partial charge in [0.05, 0.1) is 5.56 Å². The zero-order valence-corrected chi connectivity index (χ0v) is 12.6. The Hall–Kier alpha value is -2.04. The van der Waals surface area contributed by atoms with E-state index in [4.69, 9.17) is 5.11 Å². The summed E-state index contributed by atoms with van der Waals surface area (Å²) in [5.74, 6) is -0.923. The van der Waals surface area contributed by atoms with Crippen molar-refractivity contribution in [3.8, 4) is 0 Å². The Labute approximate surface area is 125 Å². The van der Waals surface area contributed by atoms with Gasteiger partial charge in [0.15, 0.2) is 0 Å². The lowest BCUT2D eigenvalue weighted by molar-refractivity contribution is 0.0695. The molecule has 1 aliphatic rings. The van der Waals surface area contributed by atoms with Crippen LogP contribution in [0, 0.1) is 0 Å². The summed E-state index contributed by atoms with van der Waals surface area (Å²) in [7, 11) is 1.77. The second kappa shape index (κ2) is 6.61. The van der Waals surface area contributed by atoms with Gasteiger partial charge in [-0.05, 0) is 37.8 Å². The van der Waals surface area contributed by atoms with Crippen molar-refractivity contribution < 1.29 is 14.7 Å². The predicted octanol–water partition coefficient (Wildman–Crippen LogP) is 2.46. The van der Waals surface area contributed by atoms with Gasteiger partial charge in [0.1, 0.15) is 0 Å². The molecule has 2 amide bonds. The van der Waals surface area contributed by atoms with Gasteiger partial charge < -0.3 is 14.9 Å². The van der Waals surface area contributed by atoms with E-state index in [0.717, 1.165) is 24.9 Å². The van der Waals surface area contributed by atoms with Crippen molar-refractivity contribution in [3.63, 3.8) is 0 Å². The molecule has 5 nitrogen and oxygen atoms in total. The summed E-state index contributed by atoms with van der Waals surface area (Å²) in [6.07, 6.45) is 2.73. The molecule has 1 fully saturated rings. The molecule has 0 aromatic heterocycles. The molecular formula is C16H22N2O3. The van der Waals surface area contributed by atoms with Crippen LogP contribution in [0.15, 0.2) is 24.3 Å². The highest BCUT2D eigenvalue weighted by atomic mass is 16.4. The van der Waals surface area contributed by atoms with Crippen LogP contribution in [0.25, 0.3) is 0 Å². The van der Waals surface area contributed by atoms with Crippen molar-refractivity contribution in [2.75, 3.05) is 20.1 Å². The number of hydrogen-bond donors (Lipinski definition) is 1. The monoisotopic (exact) mass is 290 g/mol. The Balaban J connectivity index is 1.96. The van der Waals surface area contributed by atoms with E-state index in [-0.39, 0.29) is 6.03 Å². The lowest BCUT2D eigenvalue weighted by Gasteiger charge is -2.27. The Morgan fingerprint density at radius 3 is 2.52 bits per heavy atom. The van der Waals surface area contributed by atoms with Gasteiger partial charge in [0.25, 0.3) is 0 Å². The van der Waals surface area contributed by atoms with E-state index in [1.165, 1.54) is 0 Å². The second-order valence-electron chi connectivity index (χ2n) is 5.43. The van der Waals surface area contributed by atoms with Crippen molar-refractivity contribution in [1.29, 1.82) is 0 Å². The third kappa shape index (κ3) is 3.74. The average molecular weight is 290 g/mol. The maximum atomic E-state index is 12.3. The third-order valence-corrected chi connectivity index (χ3v) is 3.86.